The van der Waals surface area contributed by atoms with Crippen molar-refractivity contribution >= 4 is 16.2 Å². The van der Waals surface area contributed by atoms with E-state index in [9.17, 15) is 18.3 Å². The lowest BCUT2D eigenvalue weighted by Crippen LogP contribution is -2.50. The van der Waals surface area contributed by atoms with Gasteiger partial charge in [0.2, 0.25) is 0 Å². The highest BCUT2D eigenvalue weighted by molar-refractivity contribution is 7.86. The predicted molar refractivity (Wildman–Crippen MR) is 75.5 cm³/mol. The highest BCUT2D eigenvalue weighted by Crippen LogP contribution is 2.37. The number of carboxylic acids is 1. The third kappa shape index (κ3) is 2.84. The highest BCUT2D eigenvalue weighted by Gasteiger charge is 2.44. The smallest absolute Gasteiger partial charge is 0.309 e. The number of hydrogen-bond acceptors (Lipinski definition) is 3. The Hall–Kier alpha value is -0.660. The second-order valence-corrected chi connectivity index (χ2v) is 7.78. The van der Waals surface area contributed by atoms with Crippen LogP contribution in [-0.2, 0) is 15.0 Å². The van der Waals surface area contributed by atoms with Gasteiger partial charge in [0.15, 0.2) is 0 Å². The molecule has 20 heavy (non-hydrogen) atoms. The molecular formula is C13H24N2O4S. The average Bonchev–Trinajstić information content (AvgIpc) is 2.94. The van der Waals surface area contributed by atoms with E-state index in [4.69, 9.17) is 0 Å². The van der Waals surface area contributed by atoms with Crippen LogP contribution in [0.15, 0.2) is 0 Å². The Morgan fingerprint density at radius 2 is 1.60 bits per heavy atom. The molecule has 7 heteroatoms. The number of carbonyl (C=O) groups is 1. The fourth-order valence-corrected chi connectivity index (χ4v) is 4.97. The molecule has 2 rings (SSSR count). The first-order valence-electron chi connectivity index (χ1n) is 7.41. The molecule has 0 aromatic rings. The molecule has 0 aromatic carbocycles. The van der Waals surface area contributed by atoms with E-state index in [1.165, 1.54) is 8.61 Å². The first-order valence-corrected chi connectivity index (χ1v) is 8.81. The summed E-state index contributed by atoms with van der Waals surface area (Å²) in [7, 11) is -3.38. The molecule has 116 valence electrons. The van der Waals surface area contributed by atoms with E-state index in [2.05, 4.69) is 0 Å². The molecule has 2 saturated heterocycles. The number of rotatable bonds is 5. The van der Waals surface area contributed by atoms with Crippen LogP contribution < -0.4 is 0 Å². The quantitative estimate of drug-likeness (QED) is 0.830. The van der Waals surface area contributed by atoms with Gasteiger partial charge < -0.3 is 5.11 Å². The van der Waals surface area contributed by atoms with Crippen LogP contribution in [0.3, 0.4) is 0 Å². The fraction of sp³-hybridized carbons (Fsp3) is 0.923. The van der Waals surface area contributed by atoms with E-state index in [-0.39, 0.29) is 0 Å². The fourth-order valence-electron chi connectivity index (χ4n) is 3.28. The van der Waals surface area contributed by atoms with Crippen LogP contribution >= 0.6 is 0 Å². The summed E-state index contributed by atoms with van der Waals surface area (Å²) < 4.78 is 27.9. The van der Waals surface area contributed by atoms with Gasteiger partial charge in [0.25, 0.3) is 10.2 Å². The predicted octanol–water partition coefficient (Wildman–Crippen LogP) is 1.29. The summed E-state index contributed by atoms with van der Waals surface area (Å²) in [5.41, 5.74) is -0.730. The zero-order valence-corrected chi connectivity index (χ0v) is 12.9. The summed E-state index contributed by atoms with van der Waals surface area (Å²) >= 11 is 0. The molecule has 0 radical (unpaired) electrons. The van der Waals surface area contributed by atoms with Crippen LogP contribution in [0.4, 0.5) is 0 Å². The van der Waals surface area contributed by atoms with Gasteiger partial charge in [0.05, 0.1) is 5.41 Å². The van der Waals surface area contributed by atoms with Crippen molar-refractivity contribution in [2.24, 2.45) is 5.41 Å². The summed E-state index contributed by atoms with van der Waals surface area (Å²) in [4.78, 5) is 11.5. The maximum absolute atomic E-state index is 12.4. The summed E-state index contributed by atoms with van der Waals surface area (Å²) in [6.07, 6.45) is 4.11. The van der Waals surface area contributed by atoms with E-state index >= 15 is 0 Å². The van der Waals surface area contributed by atoms with Crippen LogP contribution in [0.2, 0.25) is 0 Å². The Kier molecular flexibility index (Phi) is 4.71. The number of aliphatic carboxylic acids is 1. The highest BCUT2D eigenvalue weighted by atomic mass is 32.2. The van der Waals surface area contributed by atoms with Gasteiger partial charge in [-0.25, -0.2) is 0 Å². The SMILES string of the molecule is CCCC1(C(=O)O)CCN(S(=O)(=O)N2CCCC2)CC1. The van der Waals surface area contributed by atoms with Crippen molar-refractivity contribution in [1.29, 1.82) is 0 Å². The summed E-state index contributed by atoms with van der Waals surface area (Å²) in [6.45, 7) is 3.81. The van der Waals surface area contributed by atoms with Gasteiger partial charge in [-0.15, -0.1) is 0 Å². The molecule has 0 spiro atoms. The lowest BCUT2D eigenvalue weighted by Gasteiger charge is -2.39. The molecule has 6 nitrogen and oxygen atoms in total. The summed E-state index contributed by atoms with van der Waals surface area (Å²) in [5.74, 6) is -0.780. The average molecular weight is 304 g/mol. The van der Waals surface area contributed by atoms with Gasteiger partial charge >= 0.3 is 5.97 Å². The van der Waals surface area contributed by atoms with Crippen molar-refractivity contribution in [3.8, 4) is 0 Å². The first-order chi connectivity index (χ1) is 9.42. The zero-order valence-electron chi connectivity index (χ0n) is 12.0. The molecule has 0 unspecified atom stereocenters. The Labute approximate surface area is 120 Å². The number of nitrogens with zero attached hydrogens (tertiary/aromatic N) is 2. The van der Waals surface area contributed by atoms with Crippen molar-refractivity contribution in [2.45, 2.75) is 45.4 Å². The lowest BCUT2D eigenvalue weighted by atomic mass is 9.75. The summed E-state index contributed by atoms with van der Waals surface area (Å²) in [6, 6.07) is 0. The third-order valence-corrected chi connectivity index (χ3v) is 6.61. The van der Waals surface area contributed by atoms with E-state index in [0.29, 0.717) is 45.4 Å². The molecule has 0 atom stereocenters. The molecular weight excluding hydrogens is 280 g/mol. The largest absolute Gasteiger partial charge is 0.481 e. The minimum atomic E-state index is -3.38. The normalized spacial score (nSPS) is 24.9. The number of carboxylic acid groups (broad SMARTS) is 1. The van der Waals surface area contributed by atoms with Crippen LogP contribution in [-0.4, -0.2) is 54.3 Å². The van der Waals surface area contributed by atoms with Crippen LogP contribution in [0.1, 0.15) is 45.4 Å². The van der Waals surface area contributed by atoms with Gasteiger partial charge in [0, 0.05) is 26.2 Å². The molecule has 2 heterocycles. The topological polar surface area (TPSA) is 77.9 Å². The standard InChI is InChI=1S/C13H24N2O4S/c1-2-5-13(12(16)17)6-10-15(11-7-13)20(18,19)14-8-3-4-9-14/h2-11H2,1H3,(H,16,17). The maximum Gasteiger partial charge on any atom is 0.309 e. The van der Waals surface area contributed by atoms with Crippen molar-refractivity contribution < 1.29 is 18.3 Å². The van der Waals surface area contributed by atoms with Crippen LogP contribution in [0.5, 0.6) is 0 Å². The molecule has 2 aliphatic heterocycles. The van der Waals surface area contributed by atoms with Gasteiger partial charge in [-0.3, -0.25) is 4.79 Å². The maximum atomic E-state index is 12.4. The minimum absolute atomic E-state index is 0.325. The second-order valence-electron chi connectivity index (χ2n) is 5.85. The van der Waals surface area contributed by atoms with Crippen molar-refractivity contribution in [2.75, 3.05) is 26.2 Å². The van der Waals surface area contributed by atoms with Gasteiger partial charge in [0.1, 0.15) is 0 Å². The second kappa shape index (κ2) is 5.99. The van der Waals surface area contributed by atoms with Gasteiger partial charge in [-0.1, -0.05) is 13.3 Å². The van der Waals surface area contributed by atoms with E-state index < -0.39 is 21.6 Å². The molecule has 0 aliphatic carbocycles. The van der Waals surface area contributed by atoms with Crippen LogP contribution in [0.25, 0.3) is 0 Å². The van der Waals surface area contributed by atoms with Crippen molar-refractivity contribution in [1.82, 2.24) is 8.61 Å². The zero-order chi connectivity index (χ0) is 14.8. The number of piperidine rings is 1. The molecule has 1 N–H and O–H groups in total. The Balaban J connectivity index is 2.04. The van der Waals surface area contributed by atoms with Gasteiger partial charge in [-0.05, 0) is 32.1 Å². The van der Waals surface area contributed by atoms with Crippen molar-refractivity contribution in [3.05, 3.63) is 0 Å². The van der Waals surface area contributed by atoms with E-state index in [1.54, 1.807) is 0 Å². The monoisotopic (exact) mass is 304 g/mol. The molecule has 2 aliphatic rings. The van der Waals surface area contributed by atoms with E-state index in [1.807, 2.05) is 6.92 Å². The molecule has 0 bridgehead atoms. The summed E-state index contributed by atoms with van der Waals surface area (Å²) in [5, 5.41) is 9.44. The molecule has 2 fully saturated rings. The first kappa shape index (κ1) is 15.7. The molecule has 0 amide bonds. The Morgan fingerprint density at radius 3 is 2.05 bits per heavy atom. The van der Waals surface area contributed by atoms with Crippen molar-refractivity contribution in [3.63, 3.8) is 0 Å². The van der Waals surface area contributed by atoms with Crippen LogP contribution in [0, 0.1) is 5.41 Å². The lowest BCUT2D eigenvalue weighted by molar-refractivity contribution is -0.152. The molecule has 0 saturated carbocycles. The van der Waals surface area contributed by atoms with E-state index in [0.717, 1.165) is 19.3 Å². The minimum Gasteiger partial charge on any atom is -0.481 e. The third-order valence-electron chi connectivity index (χ3n) is 4.58. The Bertz CT molecular complexity index is 449. The molecule has 0 aromatic heterocycles. The number of hydrogen-bond donors (Lipinski definition) is 1. The Morgan fingerprint density at radius 1 is 1.10 bits per heavy atom. The van der Waals surface area contributed by atoms with Gasteiger partial charge in [-0.2, -0.15) is 17.0 Å².